The highest BCUT2D eigenvalue weighted by atomic mass is 16.5. The number of anilines is 1. The summed E-state index contributed by atoms with van der Waals surface area (Å²) >= 11 is 0. The van der Waals surface area contributed by atoms with E-state index in [0.717, 1.165) is 17.7 Å². The van der Waals surface area contributed by atoms with Crippen molar-refractivity contribution in [2.75, 3.05) is 12.3 Å². The molecule has 0 aliphatic heterocycles. The fraction of sp³-hybridized carbons (Fsp3) is 0.312. The molecule has 0 bridgehead atoms. The molecular formula is C16H20N5O+. The van der Waals surface area contributed by atoms with Gasteiger partial charge in [-0.2, -0.15) is 0 Å². The number of benzene rings is 1. The molecule has 6 heteroatoms. The predicted molar refractivity (Wildman–Crippen MR) is 84.5 cm³/mol. The fourth-order valence-electron chi connectivity index (χ4n) is 2.55. The first-order chi connectivity index (χ1) is 10.7. The molecule has 0 saturated heterocycles. The normalized spacial score (nSPS) is 11.0. The number of imidazole rings is 1. The van der Waals surface area contributed by atoms with Crippen LogP contribution in [0.5, 0.6) is 6.01 Å². The smallest absolute Gasteiger partial charge is 0.375 e. The van der Waals surface area contributed by atoms with Crippen LogP contribution in [0.1, 0.15) is 19.4 Å². The summed E-state index contributed by atoms with van der Waals surface area (Å²) in [5, 5.41) is 0. The van der Waals surface area contributed by atoms with E-state index in [1.165, 1.54) is 5.56 Å². The Kier molecular flexibility index (Phi) is 3.91. The second kappa shape index (κ2) is 6.01. The van der Waals surface area contributed by atoms with Crippen LogP contribution in [-0.4, -0.2) is 21.1 Å². The van der Waals surface area contributed by atoms with Crippen molar-refractivity contribution in [3.05, 3.63) is 42.2 Å². The van der Waals surface area contributed by atoms with E-state index in [0.29, 0.717) is 25.0 Å². The predicted octanol–water partition coefficient (Wildman–Crippen LogP) is 1.77. The van der Waals surface area contributed by atoms with Gasteiger partial charge in [-0.1, -0.05) is 35.3 Å². The van der Waals surface area contributed by atoms with Crippen LogP contribution in [0.3, 0.4) is 0 Å². The monoisotopic (exact) mass is 298 g/mol. The summed E-state index contributed by atoms with van der Waals surface area (Å²) in [5.74, 6) is 0.472. The Morgan fingerprint density at radius 1 is 1.23 bits per heavy atom. The second-order valence-electron chi connectivity index (χ2n) is 4.99. The maximum absolute atomic E-state index is 6.06. The molecule has 0 fully saturated rings. The first-order valence-corrected chi connectivity index (χ1v) is 7.45. The van der Waals surface area contributed by atoms with E-state index >= 15 is 0 Å². The van der Waals surface area contributed by atoms with Gasteiger partial charge in [0, 0.05) is 6.54 Å². The van der Waals surface area contributed by atoms with Gasteiger partial charge >= 0.3 is 6.01 Å². The van der Waals surface area contributed by atoms with Crippen LogP contribution >= 0.6 is 0 Å². The summed E-state index contributed by atoms with van der Waals surface area (Å²) in [7, 11) is 0. The van der Waals surface area contributed by atoms with Crippen LogP contribution in [0.15, 0.2) is 36.7 Å². The Balaban J connectivity index is 2.13. The molecule has 114 valence electrons. The van der Waals surface area contributed by atoms with Crippen molar-refractivity contribution >= 4 is 17.0 Å². The molecule has 0 unspecified atom stereocenters. The third-order valence-corrected chi connectivity index (χ3v) is 3.55. The third kappa shape index (κ3) is 2.47. The highest BCUT2D eigenvalue weighted by molar-refractivity contribution is 5.80. The summed E-state index contributed by atoms with van der Waals surface area (Å²) in [4.78, 5) is 8.92. The Labute approximate surface area is 129 Å². The van der Waals surface area contributed by atoms with E-state index in [-0.39, 0.29) is 0 Å². The summed E-state index contributed by atoms with van der Waals surface area (Å²) in [6.45, 7) is 5.97. The average molecular weight is 298 g/mol. The summed E-state index contributed by atoms with van der Waals surface area (Å²) in [5.41, 5.74) is 8.86. The van der Waals surface area contributed by atoms with Gasteiger partial charge in [-0.25, -0.2) is 4.57 Å². The number of nitrogens with two attached hydrogens (primary N) is 1. The van der Waals surface area contributed by atoms with Crippen LogP contribution < -0.4 is 15.0 Å². The van der Waals surface area contributed by atoms with E-state index in [2.05, 4.69) is 22.1 Å². The van der Waals surface area contributed by atoms with Gasteiger partial charge in [-0.05, 0) is 24.4 Å². The highest BCUT2D eigenvalue weighted by Gasteiger charge is 2.23. The average Bonchev–Trinajstić information content (AvgIpc) is 2.91. The minimum Gasteiger partial charge on any atom is -0.453 e. The minimum atomic E-state index is 0.472. The summed E-state index contributed by atoms with van der Waals surface area (Å²) < 4.78 is 9.58. The van der Waals surface area contributed by atoms with Crippen molar-refractivity contribution in [1.29, 1.82) is 0 Å². The number of aryl methyl sites for hydroxylation is 1. The van der Waals surface area contributed by atoms with Crippen LogP contribution in [0.4, 0.5) is 5.82 Å². The van der Waals surface area contributed by atoms with Crippen LogP contribution in [0, 0.1) is 0 Å². The molecule has 0 aliphatic rings. The number of hydrogen-bond donors (Lipinski definition) is 1. The highest BCUT2D eigenvalue weighted by Crippen LogP contribution is 2.22. The molecule has 0 saturated carbocycles. The van der Waals surface area contributed by atoms with Crippen molar-refractivity contribution in [2.24, 2.45) is 0 Å². The topological polar surface area (TPSA) is 69.8 Å². The van der Waals surface area contributed by atoms with Gasteiger partial charge in [0.25, 0.3) is 5.65 Å². The molecule has 0 amide bonds. The van der Waals surface area contributed by atoms with Crippen molar-refractivity contribution in [1.82, 2.24) is 14.5 Å². The number of fused-ring (bicyclic) bond motifs is 1. The molecule has 0 spiro atoms. The van der Waals surface area contributed by atoms with Crippen LogP contribution in [0.2, 0.25) is 0 Å². The number of nitrogens with zero attached hydrogens (tertiary/aromatic N) is 4. The molecule has 3 aromatic rings. The quantitative estimate of drug-likeness (QED) is 0.729. The van der Waals surface area contributed by atoms with E-state index in [1.807, 2.05) is 41.2 Å². The van der Waals surface area contributed by atoms with Gasteiger partial charge in [-0.3, -0.25) is 4.57 Å². The number of nitrogen functional groups attached to an aromatic ring is 1. The Morgan fingerprint density at radius 2 is 2.00 bits per heavy atom. The summed E-state index contributed by atoms with van der Waals surface area (Å²) in [6.07, 6.45) is 1.73. The zero-order chi connectivity index (χ0) is 15.5. The van der Waals surface area contributed by atoms with Crippen molar-refractivity contribution < 1.29 is 9.30 Å². The molecule has 22 heavy (non-hydrogen) atoms. The Bertz CT molecular complexity index is 782. The maximum Gasteiger partial charge on any atom is 0.375 e. The second-order valence-corrected chi connectivity index (χ2v) is 4.99. The molecule has 2 aromatic heterocycles. The maximum atomic E-state index is 6.06. The molecule has 2 N–H and O–H groups in total. The number of hydrogen-bond acceptors (Lipinski definition) is 4. The molecule has 0 aliphatic carbocycles. The first-order valence-electron chi connectivity index (χ1n) is 7.45. The SMILES string of the molecule is CCOc1nc2c(c(N)nc[n+]2Cc2ccccc2)n1CC. The van der Waals surface area contributed by atoms with Crippen molar-refractivity contribution in [2.45, 2.75) is 26.9 Å². The van der Waals surface area contributed by atoms with Gasteiger partial charge in [0.15, 0.2) is 5.52 Å². The standard InChI is InChI=1S/C16H19N5O/c1-3-21-13-14(17)18-11-20(10-12-8-6-5-7-9-12)15(13)19-16(21)22-4-2/h5-9,11,17H,3-4,10H2,1-2H3/p+1. The van der Waals surface area contributed by atoms with Crippen molar-refractivity contribution in [3.63, 3.8) is 0 Å². The molecule has 0 atom stereocenters. The lowest BCUT2D eigenvalue weighted by molar-refractivity contribution is -0.667. The third-order valence-electron chi connectivity index (χ3n) is 3.55. The Hall–Kier alpha value is -2.63. The van der Waals surface area contributed by atoms with E-state index in [4.69, 9.17) is 10.5 Å². The first kappa shape index (κ1) is 14.3. The van der Waals surface area contributed by atoms with Gasteiger partial charge in [0.1, 0.15) is 0 Å². The minimum absolute atomic E-state index is 0.472. The van der Waals surface area contributed by atoms with Gasteiger partial charge < -0.3 is 10.5 Å². The zero-order valence-electron chi connectivity index (χ0n) is 12.9. The Morgan fingerprint density at radius 3 is 2.68 bits per heavy atom. The molecule has 6 nitrogen and oxygen atoms in total. The van der Waals surface area contributed by atoms with E-state index in [1.54, 1.807) is 6.33 Å². The lowest BCUT2D eigenvalue weighted by Crippen LogP contribution is -2.36. The molecule has 1 aromatic carbocycles. The largest absolute Gasteiger partial charge is 0.453 e. The lowest BCUT2D eigenvalue weighted by atomic mass is 10.2. The van der Waals surface area contributed by atoms with Gasteiger partial charge in [-0.15, -0.1) is 0 Å². The summed E-state index contributed by atoms with van der Waals surface area (Å²) in [6, 6.07) is 10.8. The van der Waals surface area contributed by atoms with Gasteiger partial charge in [0.2, 0.25) is 12.1 Å². The number of rotatable bonds is 5. The van der Waals surface area contributed by atoms with E-state index in [9.17, 15) is 0 Å². The zero-order valence-corrected chi connectivity index (χ0v) is 12.9. The molecule has 3 rings (SSSR count). The molecule has 0 radical (unpaired) electrons. The fourth-order valence-corrected chi connectivity index (χ4v) is 2.55. The van der Waals surface area contributed by atoms with Crippen molar-refractivity contribution in [3.8, 4) is 6.01 Å². The van der Waals surface area contributed by atoms with Gasteiger partial charge in [0.05, 0.1) is 13.2 Å². The lowest BCUT2D eigenvalue weighted by Gasteiger charge is -2.04. The molecule has 2 heterocycles. The van der Waals surface area contributed by atoms with E-state index < -0.39 is 0 Å². The number of aromatic nitrogens is 4. The van der Waals surface area contributed by atoms with Crippen LogP contribution in [-0.2, 0) is 13.1 Å². The molecular weight excluding hydrogens is 278 g/mol. The van der Waals surface area contributed by atoms with Crippen LogP contribution in [0.25, 0.3) is 11.2 Å². The number of ether oxygens (including phenoxy) is 1.